The summed E-state index contributed by atoms with van der Waals surface area (Å²) in [7, 11) is 3.87. The quantitative estimate of drug-likeness (QED) is 0.508. The molecule has 1 aliphatic heterocycles. The van der Waals surface area contributed by atoms with Crippen LogP contribution in [0.15, 0.2) is 80.9 Å². The molecular weight excluding hydrogens is 378 g/mol. The Morgan fingerprint density at radius 3 is 2.53 bits per heavy atom. The first-order chi connectivity index (χ1) is 14.5. The number of aromatic nitrogens is 1. The minimum Gasteiger partial charge on any atom is -0.491 e. The summed E-state index contributed by atoms with van der Waals surface area (Å²) in [6.07, 6.45) is 1.66. The van der Waals surface area contributed by atoms with Crippen LogP contribution in [0.5, 0.6) is 5.88 Å². The number of oxazole rings is 1. The maximum atomic E-state index is 12.4. The molecule has 0 fully saturated rings. The lowest BCUT2D eigenvalue weighted by molar-refractivity contribution is 0.436. The van der Waals surface area contributed by atoms with Crippen molar-refractivity contribution in [3.8, 4) is 22.7 Å². The molecule has 2 heterocycles. The number of anilines is 1. The summed E-state index contributed by atoms with van der Waals surface area (Å²) in [5.74, 6) is -0.763. The monoisotopic (exact) mass is 397 g/mol. The fraction of sp³-hybridized carbons (Fsp3) is 0.0833. The highest BCUT2D eigenvalue weighted by atomic mass is 16.4. The molecule has 0 saturated carbocycles. The lowest BCUT2D eigenvalue weighted by atomic mass is 10.0. The van der Waals surface area contributed by atoms with Gasteiger partial charge in [0.05, 0.1) is 16.7 Å². The molecule has 0 spiro atoms. The average molecular weight is 397 g/mol. The first-order valence-corrected chi connectivity index (χ1v) is 9.54. The lowest BCUT2D eigenvalue weighted by Crippen LogP contribution is -2.12. The van der Waals surface area contributed by atoms with Crippen LogP contribution in [-0.2, 0) is 0 Å². The summed E-state index contributed by atoms with van der Waals surface area (Å²) in [5, 5.41) is 12.4. The Hall–Kier alpha value is -4.06. The van der Waals surface area contributed by atoms with Crippen molar-refractivity contribution in [3.05, 3.63) is 93.6 Å². The van der Waals surface area contributed by atoms with E-state index in [2.05, 4.69) is 4.99 Å². The molecule has 148 valence electrons. The second-order valence-electron chi connectivity index (χ2n) is 7.35. The number of fused-ring (bicyclic) bond motifs is 3. The highest BCUT2D eigenvalue weighted by molar-refractivity contribution is 5.79. The molecule has 0 unspecified atom stereocenters. The van der Waals surface area contributed by atoms with E-state index < -0.39 is 5.76 Å². The molecule has 6 nitrogen and oxygen atoms in total. The van der Waals surface area contributed by atoms with Crippen LogP contribution in [0.3, 0.4) is 0 Å². The molecular formula is C24H19N3O3. The summed E-state index contributed by atoms with van der Waals surface area (Å²) < 4.78 is 6.49. The Bertz CT molecular complexity index is 1440. The smallest absolute Gasteiger partial charge is 0.427 e. The fourth-order valence-electron chi connectivity index (χ4n) is 3.64. The van der Waals surface area contributed by atoms with Crippen LogP contribution >= 0.6 is 0 Å². The van der Waals surface area contributed by atoms with Gasteiger partial charge in [-0.05, 0) is 53.8 Å². The molecule has 0 aliphatic carbocycles. The average Bonchev–Trinajstić information content (AvgIpc) is 3.24. The third-order valence-electron chi connectivity index (χ3n) is 5.19. The van der Waals surface area contributed by atoms with Crippen LogP contribution in [0.4, 0.5) is 11.4 Å². The highest BCUT2D eigenvalue weighted by Crippen LogP contribution is 2.31. The molecule has 30 heavy (non-hydrogen) atoms. The Labute approximate surface area is 172 Å². The molecule has 1 aromatic heterocycles. The third-order valence-corrected chi connectivity index (χ3v) is 5.19. The number of hydrogen-bond donors (Lipinski definition) is 1. The summed E-state index contributed by atoms with van der Waals surface area (Å²) in [4.78, 5) is 19.0. The van der Waals surface area contributed by atoms with Crippen LogP contribution in [0.2, 0.25) is 0 Å². The topological polar surface area (TPSA) is 71.0 Å². The summed E-state index contributed by atoms with van der Waals surface area (Å²) in [5.41, 5.74) is 4.54. The van der Waals surface area contributed by atoms with E-state index in [0.29, 0.717) is 5.69 Å². The zero-order valence-corrected chi connectivity index (χ0v) is 16.5. The van der Waals surface area contributed by atoms with Gasteiger partial charge in [0.15, 0.2) is 5.76 Å². The van der Waals surface area contributed by atoms with Crippen LogP contribution in [0, 0.1) is 0 Å². The van der Waals surface area contributed by atoms with E-state index in [0.717, 1.165) is 37.6 Å². The molecule has 6 heteroatoms. The Morgan fingerprint density at radius 1 is 1.00 bits per heavy atom. The number of rotatable bonds is 3. The molecule has 1 N–H and O–H groups in total. The maximum absolute atomic E-state index is 12.4. The molecule has 5 rings (SSSR count). The Kier molecular flexibility index (Phi) is 4.06. The molecule has 0 bridgehead atoms. The predicted molar refractivity (Wildman–Crippen MR) is 116 cm³/mol. The van der Waals surface area contributed by atoms with E-state index in [1.807, 2.05) is 73.6 Å². The molecule has 0 radical (unpaired) electrons. The van der Waals surface area contributed by atoms with Crippen LogP contribution in [0.25, 0.3) is 22.9 Å². The Balaban J connectivity index is 1.58. The SMILES string of the molecule is CN(C)c1ccc(-n2c(O)c(C=c3ccc4c(c3)-c3ccccc3N=4)oc2=O)cc1. The second-order valence-corrected chi connectivity index (χ2v) is 7.35. The standard InChI is InChI=1S/C24H19N3O3/c1-26(2)16-8-10-17(11-9-16)27-23(28)22(30-24(27)29)14-15-7-12-21-19(13-15)18-5-3-4-6-20(18)25-21/h3-14,28H,1-2H3. The summed E-state index contributed by atoms with van der Waals surface area (Å²) >= 11 is 0. The third kappa shape index (κ3) is 2.90. The number of hydrogen-bond acceptors (Lipinski definition) is 5. The number of benzene rings is 3. The van der Waals surface area contributed by atoms with Gasteiger partial charge < -0.3 is 14.4 Å². The van der Waals surface area contributed by atoms with Gasteiger partial charge in [-0.2, -0.15) is 0 Å². The van der Waals surface area contributed by atoms with E-state index in [9.17, 15) is 9.90 Å². The molecule has 0 atom stereocenters. The zero-order valence-electron chi connectivity index (χ0n) is 16.5. The van der Waals surface area contributed by atoms with E-state index in [1.54, 1.807) is 18.2 Å². The minimum absolute atomic E-state index is 0.111. The molecule has 4 aromatic rings. The van der Waals surface area contributed by atoms with Crippen LogP contribution < -0.4 is 21.2 Å². The number of nitrogens with zero attached hydrogens (tertiary/aromatic N) is 3. The van der Waals surface area contributed by atoms with Gasteiger partial charge in [-0.15, -0.1) is 0 Å². The van der Waals surface area contributed by atoms with E-state index in [-0.39, 0.29) is 11.6 Å². The van der Waals surface area contributed by atoms with Crippen LogP contribution in [-0.4, -0.2) is 23.8 Å². The number of para-hydroxylation sites is 1. The van der Waals surface area contributed by atoms with Gasteiger partial charge in [0.25, 0.3) is 0 Å². The van der Waals surface area contributed by atoms with Gasteiger partial charge in [-0.25, -0.2) is 14.4 Å². The van der Waals surface area contributed by atoms with Crippen LogP contribution in [0.1, 0.15) is 5.76 Å². The largest absolute Gasteiger partial charge is 0.491 e. The normalized spacial score (nSPS) is 12.4. The summed E-state index contributed by atoms with van der Waals surface area (Å²) in [6, 6.07) is 21.0. The zero-order chi connectivity index (χ0) is 20.8. The fourth-order valence-corrected chi connectivity index (χ4v) is 3.64. The van der Waals surface area contributed by atoms with Gasteiger partial charge in [0.2, 0.25) is 5.88 Å². The van der Waals surface area contributed by atoms with Crippen molar-refractivity contribution < 1.29 is 9.52 Å². The first-order valence-electron chi connectivity index (χ1n) is 9.54. The van der Waals surface area contributed by atoms with E-state index >= 15 is 0 Å². The predicted octanol–water partition coefficient (Wildman–Crippen LogP) is 2.96. The Morgan fingerprint density at radius 2 is 1.77 bits per heavy atom. The van der Waals surface area contributed by atoms with E-state index in [4.69, 9.17) is 4.42 Å². The molecule has 1 aliphatic rings. The van der Waals surface area contributed by atoms with Crippen molar-refractivity contribution >= 4 is 17.5 Å². The van der Waals surface area contributed by atoms with Crippen molar-refractivity contribution in [3.63, 3.8) is 0 Å². The van der Waals surface area contributed by atoms with Crippen molar-refractivity contribution in [2.45, 2.75) is 0 Å². The minimum atomic E-state index is -0.641. The molecule has 0 amide bonds. The van der Waals surface area contributed by atoms with Gasteiger partial charge >= 0.3 is 5.76 Å². The van der Waals surface area contributed by atoms with Gasteiger partial charge in [-0.1, -0.05) is 24.3 Å². The lowest BCUT2D eigenvalue weighted by Gasteiger charge is -2.12. The molecule has 0 saturated heterocycles. The highest BCUT2D eigenvalue weighted by Gasteiger charge is 2.17. The molecule has 3 aromatic carbocycles. The van der Waals surface area contributed by atoms with Crippen molar-refractivity contribution in [2.24, 2.45) is 4.99 Å². The summed E-state index contributed by atoms with van der Waals surface area (Å²) in [6.45, 7) is 0. The van der Waals surface area contributed by atoms with Crippen molar-refractivity contribution in [2.75, 3.05) is 19.0 Å². The van der Waals surface area contributed by atoms with Gasteiger partial charge in [0, 0.05) is 30.9 Å². The van der Waals surface area contributed by atoms with E-state index in [1.165, 1.54) is 0 Å². The van der Waals surface area contributed by atoms with Gasteiger partial charge in [-0.3, -0.25) is 0 Å². The van der Waals surface area contributed by atoms with Crippen molar-refractivity contribution in [1.82, 2.24) is 4.57 Å². The number of aromatic hydroxyl groups is 1. The van der Waals surface area contributed by atoms with Crippen molar-refractivity contribution in [1.29, 1.82) is 0 Å². The second kappa shape index (κ2) is 6.77. The first kappa shape index (κ1) is 18.0. The van der Waals surface area contributed by atoms with Gasteiger partial charge in [0.1, 0.15) is 0 Å². The maximum Gasteiger partial charge on any atom is 0.427 e.